The fourth-order valence-corrected chi connectivity index (χ4v) is 3.55. The third kappa shape index (κ3) is 3.03. The lowest BCUT2D eigenvalue weighted by atomic mass is 9.83. The Labute approximate surface area is 115 Å². The second-order valence-corrected chi connectivity index (χ2v) is 6.17. The molecule has 1 saturated carbocycles. The van der Waals surface area contributed by atoms with Crippen molar-refractivity contribution in [3.8, 4) is 0 Å². The largest absolute Gasteiger partial charge is 0.468 e. The minimum atomic E-state index is 0.235. The highest BCUT2D eigenvalue weighted by molar-refractivity contribution is 5.03. The van der Waals surface area contributed by atoms with Gasteiger partial charge in [-0.1, -0.05) is 19.3 Å². The van der Waals surface area contributed by atoms with Gasteiger partial charge in [-0.3, -0.25) is 0 Å². The van der Waals surface area contributed by atoms with E-state index in [-0.39, 0.29) is 11.6 Å². The van der Waals surface area contributed by atoms with E-state index in [1.807, 2.05) is 12.1 Å². The third-order valence-electron chi connectivity index (χ3n) is 4.73. The Hall–Kier alpha value is -0.800. The van der Waals surface area contributed by atoms with Gasteiger partial charge >= 0.3 is 0 Å². The Balaban J connectivity index is 1.47. The number of furan rings is 1. The van der Waals surface area contributed by atoms with Gasteiger partial charge in [0.2, 0.25) is 0 Å². The van der Waals surface area contributed by atoms with Crippen molar-refractivity contribution >= 4 is 0 Å². The maximum absolute atomic E-state index is 6.36. The van der Waals surface area contributed by atoms with E-state index in [2.05, 4.69) is 12.2 Å². The van der Waals surface area contributed by atoms with Crippen LogP contribution in [0.1, 0.15) is 63.7 Å². The SMILES string of the molecule is C[C@H](NCC1CCC2(CCCCC2)O1)c1ccco1. The van der Waals surface area contributed by atoms with Gasteiger partial charge in [0.05, 0.1) is 24.0 Å². The average Bonchev–Trinajstić information content (AvgIpc) is 3.08. The Morgan fingerprint density at radius 2 is 2.16 bits per heavy atom. The van der Waals surface area contributed by atoms with Gasteiger partial charge in [-0.2, -0.15) is 0 Å². The molecule has 1 saturated heterocycles. The molecule has 1 N–H and O–H groups in total. The highest BCUT2D eigenvalue weighted by Crippen LogP contribution is 2.41. The highest BCUT2D eigenvalue weighted by atomic mass is 16.5. The first-order valence-corrected chi connectivity index (χ1v) is 7.72. The number of hydrogen-bond donors (Lipinski definition) is 1. The second-order valence-electron chi connectivity index (χ2n) is 6.17. The first kappa shape index (κ1) is 13.2. The molecule has 0 amide bonds. The van der Waals surface area contributed by atoms with Gasteiger partial charge in [0.1, 0.15) is 5.76 Å². The number of rotatable bonds is 4. The van der Waals surface area contributed by atoms with Crippen molar-refractivity contribution in [3.05, 3.63) is 24.2 Å². The zero-order valence-corrected chi connectivity index (χ0v) is 11.9. The summed E-state index contributed by atoms with van der Waals surface area (Å²) in [7, 11) is 0. The Bertz CT molecular complexity index is 381. The monoisotopic (exact) mass is 263 g/mol. The van der Waals surface area contributed by atoms with Gasteiger partial charge in [0.25, 0.3) is 0 Å². The summed E-state index contributed by atoms with van der Waals surface area (Å²) in [6.07, 6.45) is 11.2. The zero-order chi connectivity index (χ0) is 13.1. The van der Waals surface area contributed by atoms with Crippen LogP contribution < -0.4 is 5.32 Å². The highest BCUT2D eigenvalue weighted by Gasteiger charge is 2.40. The van der Waals surface area contributed by atoms with Crippen molar-refractivity contribution in [2.75, 3.05) is 6.54 Å². The summed E-state index contributed by atoms with van der Waals surface area (Å²) in [6.45, 7) is 3.08. The molecule has 1 aliphatic heterocycles. The molecule has 1 aromatic heterocycles. The number of hydrogen-bond acceptors (Lipinski definition) is 3. The fraction of sp³-hybridized carbons (Fsp3) is 0.750. The van der Waals surface area contributed by atoms with Crippen molar-refractivity contribution in [2.45, 2.75) is 69.6 Å². The van der Waals surface area contributed by atoms with Gasteiger partial charge in [0, 0.05) is 6.54 Å². The molecule has 2 aliphatic rings. The lowest BCUT2D eigenvalue weighted by Gasteiger charge is -2.33. The van der Waals surface area contributed by atoms with Crippen molar-refractivity contribution < 1.29 is 9.15 Å². The van der Waals surface area contributed by atoms with Crippen molar-refractivity contribution in [3.63, 3.8) is 0 Å². The van der Waals surface area contributed by atoms with Crippen LogP contribution in [-0.2, 0) is 4.74 Å². The first-order chi connectivity index (χ1) is 9.27. The summed E-state index contributed by atoms with van der Waals surface area (Å²) in [6, 6.07) is 4.23. The minimum Gasteiger partial charge on any atom is -0.468 e. The molecule has 2 fully saturated rings. The van der Waals surface area contributed by atoms with E-state index in [0.717, 1.165) is 12.3 Å². The molecular weight excluding hydrogens is 238 g/mol. The number of nitrogens with one attached hydrogen (secondary N) is 1. The van der Waals surface area contributed by atoms with Gasteiger partial charge in [0.15, 0.2) is 0 Å². The van der Waals surface area contributed by atoms with E-state index in [4.69, 9.17) is 9.15 Å². The van der Waals surface area contributed by atoms with Crippen LogP contribution in [0.2, 0.25) is 0 Å². The molecule has 3 heteroatoms. The zero-order valence-electron chi connectivity index (χ0n) is 11.9. The van der Waals surface area contributed by atoms with Gasteiger partial charge in [-0.25, -0.2) is 0 Å². The normalized spacial score (nSPS) is 27.7. The number of ether oxygens (including phenoxy) is 1. The maximum atomic E-state index is 6.36. The lowest BCUT2D eigenvalue weighted by molar-refractivity contribution is -0.0629. The summed E-state index contributed by atoms with van der Waals surface area (Å²) in [4.78, 5) is 0. The van der Waals surface area contributed by atoms with E-state index in [1.165, 1.54) is 44.9 Å². The maximum Gasteiger partial charge on any atom is 0.120 e. The molecule has 19 heavy (non-hydrogen) atoms. The van der Waals surface area contributed by atoms with E-state index < -0.39 is 0 Å². The van der Waals surface area contributed by atoms with E-state index >= 15 is 0 Å². The summed E-state index contributed by atoms with van der Waals surface area (Å²) < 4.78 is 11.8. The fourth-order valence-electron chi connectivity index (χ4n) is 3.55. The van der Waals surface area contributed by atoms with Crippen LogP contribution in [0.4, 0.5) is 0 Å². The molecule has 0 aromatic carbocycles. The molecule has 0 bridgehead atoms. The van der Waals surface area contributed by atoms with Crippen LogP contribution in [0.25, 0.3) is 0 Å². The summed E-state index contributed by atoms with van der Waals surface area (Å²) in [5, 5.41) is 3.53. The van der Waals surface area contributed by atoms with Gasteiger partial charge < -0.3 is 14.5 Å². The lowest BCUT2D eigenvalue weighted by Crippen LogP contribution is -2.35. The molecule has 2 atom stereocenters. The topological polar surface area (TPSA) is 34.4 Å². The molecule has 2 heterocycles. The third-order valence-corrected chi connectivity index (χ3v) is 4.73. The Morgan fingerprint density at radius 1 is 1.32 bits per heavy atom. The quantitative estimate of drug-likeness (QED) is 0.897. The standard InChI is InChI=1S/C16H25NO2/c1-13(15-6-5-11-18-15)17-12-14-7-10-16(19-14)8-3-2-4-9-16/h5-6,11,13-14,17H,2-4,7-10,12H2,1H3/t13-,14?/m0/s1. The van der Waals surface area contributed by atoms with Crippen molar-refractivity contribution in [2.24, 2.45) is 0 Å². The van der Waals surface area contributed by atoms with E-state index in [9.17, 15) is 0 Å². The minimum absolute atomic E-state index is 0.235. The van der Waals surface area contributed by atoms with E-state index in [1.54, 1.807) is 6.26 Å². The summed E-state index contributed by atoms with van der Waals surface area (Å²) in [5.41, 5.74) is 0.235. The predicted octanol–water partition coefficient (Wildman–Crippen LogP) is 3.81. The van der Waals surface area contributed by atoms with Crippen molar-refractivity contribution in [1.82, 2.24) is 5.32 Å². The van der Waals surface area contributed by atoms with Crippen LogP contribution >= 0.6 is 0 Å². The molecule has 1 unspecified atom stereocenters. The molecule has 106 valence electrons. The van der Waals surface area contributed by atoms with Crippen LogP contribution in [0.15, 0.2) is 22.8 Å². The molecule has 1 aromatic rings. The average molecular weight is 263 g/mol. The van der Waals surface area contributed by atoms with E-state index in [0.29, 0.717) is 6.10 Å². The molecule has 3 nitrogen and oxygen atoms in total. The second kappa shape index (κ2) is 5.68. The predicted molar refractivity (Wildman–Crippen MR) is 75.0 cm³/mol. The van der Waals surface area contributed by atoms with Gasteiger partial charge in [-0.15, -0.1) is 0 Å². The molecule has 3 rings (SSSR count). The Morgan fingerprint density at radius 3 is 2.89 bits per heavy atom. The smallest absolute Gasteiger partial charge is 0.120 e. The first-order valence-electron chi connectivity index (χ1n) is 7.72. The van der Waals surface area contributed by atoms with Gasteiger partial charge in [-0.05, 0) is 44.7 Å². The molecule has 0 radical (unpaired) electrons. The molecule has 1 aliphatic carbocycles. The molecule has 1 spiro atoms. The Kier molecular flexibility index (Phi) is 3.94. The van der Waals surface area contributed by atoms with Crippen LogP contribution in [-0.4, -0.2) is 18.2 Å². The summed E-state index contributed by atoms with van der Waals surface area (Å²) in [5.74, 6) is 1.00. The molecular formula is C16H25NO2. The van der Waals surface area contributed by atoms with Crippen LogP contribution in [0, 0.1) is 0 Å². The van der Waals surface area contributed by atoms with Crippen molar-refractivity contribution in [1.29, 1.82) is 0 Å². The van der Waals surface area contributed by atoms with Crippen LogP contribution in [0.3, 0.4) is 0 Å². The van der Waals surface area contributed by atoms with Crippen LogP contribution in [0.5, 0.6) is 0 Å². The summed E-state index contributed by atoms with van der Waals surface area (Å²) >= 11 is 0.